The molecule has 2 unspecified atom stereocenters. The summed E-state index contributed by atoms with van der Waals surface area (Å²) in [5.41, 5.74) is 5.74. The van der Waals surface area contributed by atoms with Crippen molar-refractivity contribution in [2.24, 2.45) is 23.5 Å². The van der Waals surface area contributed by atoms with Gasteiger partial charge in [0, 0.05) is 19.1 Å². The molecule has 0 amide bonds. The minimum absolute atomic E-state index is 0.822. The zero-order chi connectivity index (χ0) is 11.5. The quantitative estimate of drug-likeness (QED) is 0.798. The minimum atomic E-state index is 0.822. The van der Waals surface area contributed by atoms with Crippen LogP contribution in [0.1, 0.15) is 46.0 Å². The van der Waals surface area contributed by atoms with Crippen molar-refractivity contribution in [1.29, 1.82) is 0 Å². The van der Waals surface area contributed by atoms with Crippen LogP contribution in [0.2, 0.25) is 0 Å². The zero-order valence-corrected chi connectivity index (χ0v) is 11.0. The Labute approximate surface area is 101 Å². The second-order valence-electron chi connectivity index (χ2n) is 6.27. The highest BCUT2D eigenvalue weighted by Crippen LogP contribution is 2.31. The number of nitrogens with zero attached hydrogens (tertiary/aromatic N) is 1. The molecule has 1 saturated heterocycles. The summed E-state index contributed by atoms with van der Waals surface area (Å²) in [5, 5.41) is 0. The van der Waals surface area contributed by atoms with Crippen molar-refractivity contribution in [2.75, 3.05) is 19.6 Å². The van der Waals surface area contributed by atoms with Crippen molar-refractivity contribution >= 4 is 0 Å². The first-order valence-electron chi connectivity index (χ1n) is 7.13. The van der Waals surface area contributed by atoms with Crippen LogP contribution in [-0.4, -0.2) is 30.6 Å². The lowest BCUT2D eigenvalue weighted by atomic mass is 9.82. The fourth-order valence-corrected chi connectivity index (χ4v) is 3.62. The highest BCUT2D eigenvalue weighted by atomic mass is 15.2. The Morgan fingerprint density at radius 3 is 2.19 bits per heavy atom. The predicted octanol–water partition coefficient (Wildman–Crippen LogP) is 2.48. The van der Waals surface area contributed by atoms with E-state index in [9.17, 15) is 0 Å². The van der Waals surface area contributed by atoms with Gasteiger partial charge in [0.1, 0.15) is 0 Å². The van der Waals surface area contributed by atoms with Gasteiger partial charge < -0.3 is 10.6 Å². The Bertz CT molecular complexity index is 209. The normalized spacial score (nSPS) is 41.4. The van der Waals surface area contributed by atoms with Gasteiger partial charge in [0.05, 0.1) is 0 Å². The van der Waals surface area contributed by atoms with Crippen LogP contribution in [0, 0.1) is 17.8 Å². The molecular weight excluding hydrogens is 196 g/mol. The van der Waals surface area contributed by atoms with Gasteiger partial charge in [0.2, 0.25) is 0 Å². The Morgan fingerprint density at radius 1 is 1.06 bits per heavy atom. The van der Waals surface area contributed by atoms with Gasteiger partial charge in [-0.2, -0.15) is 0 Å². The van der Waals surface area contributed by atoms with Crippen molar-refractivity contribution < 1.29 is 0 Å². The predicted molar refractivity (Wildman–Crippen MR) is 69.3 cm³/mol. The highest BCUT2D eigenvalue weighted by Gasteiger charge is 2.29. The van der Waals surface area contributed by atoms with Gasteiger partial charge in [0.15, 0.2) is 0 Å². The third-order valence-electron chi connectivity index (χ3n) is 4.71. The molecule has 0 aromatic carbocycles. The van der Waals surface area contributed by atoms with E-state index in [1.165, 1.54) is 45.2 Å². The van der Waals surface area contributed by atoms with Gasteiger partial charge in [-0.25, -0.2) is 0 Å². The van der Waals surface area contributed by atoms with Crippen molar-refractivity contribution in [3.8, 4) is 0 Å². The van der Waals surface area contributed by atoms with Crippen LogP contribution in [0.4, 0.5) is 0 Å². The summed E-state index contributed by atoms with van der Waals surface area (Å²) in [5.74, 6) is 2.69. The molecule has 2 rings (SSSR count). The van der Waals surface area contributed by atoms with E-state index in [1.54, 1.807) is 0 Å². The molecule has 0 radical (unpaired) electrons. The molecular formula is C14H28N2. The number of rotatable bonds is 3. The molecule has 0 bridgehead atoms. The molecule has 2 heteroatoms. The summed E-state index contributed by atoms with van der Waals surface area (Å²) in [6, 6.07) is 0.822. The monoisotopic (exact) mass is 224 g/mol. The van der Waals surface area contributed by atoms with Crippen LogP contribution >= 0.6 is 0 Å². The molecule has 2 aliphatic rings. The largest absolute Gasteiger partial charge is 0.330 e. The van der Waals surface area contributed by atoms with E-state index in [1.807, 2.05) is 0 Å². The summed E-state index contributed by atoms with van der Waals surface area (Å²) in [4.78, 5) is 2.72. The van der Waals surface area contributed by atoms with Gasteiger partial charge in [-0.15, -0.1) is 0 Å². The molecule has 0 aromatic rings. The van der Waals surface area contributed by atoms with E-state index < -0.39 is 0 Å². The van der Waals surface area contributed by atoms with Crippen molar-refractivity contribution in [3.05, 3.63) is 0 Å². The van der Waals surface area contributed by atoms with E-state index in [-0.39, 0.29) is 0 Å². The van der Waals surface area contributed by atoms with Crippen molar-refractivity contribution in [2.45, 2.75) is 52.0 Å². The maximum absolute atomic E-state index is 5.74. The molecule has 1 aliphatic carbocycles. The fourth-order valence-electron chi connectivity index (χ4n) is 3.62. The second kappa shape index (κ2) is 5.50. The van der Waals surface area contributed by atoms with Crippen LogP contribution in [0.3, 0.4) is 0 Å². The van der Waals surface area contributed by atoms with Gasteiger partial charge in [-0.3, -0.25) is 0 Å². The van der Waals surface area contributed by atoms with Gasteiger partial charge in [-0.1, -0.05) is 6.92 Å². The molecule has 2 N–H and O–H groups in total. The van der Waals surface area contributed by atoms with E-state index in [2.05, 4.69) is 18.7 Å². The first-order valence-corrected chi connectivity index (χ1v) is 7.13. The maximum atomic E-state index is 5.74. The first kappa shape index (κ1) is 12.4. The Morgan fingerprint density at radius 2 is 1.69 bits per heavy atom. The molecule has 0 spiro atoms. The molecule has 2 fully saturated rings. The second-order valence-corrected chi connectivity index (χ2v) is 6.27. The van der Waals surface area contributed by atoms with E-state index in [0.29, 0.717) is 0 Å². The van der Waals surface area contributed by atoms with E-state index >= 15 is 0 Å². The lowest BCUT2D eigenvalue weighted by Gasteiger charge is -2.32. The summed E-state index contributed by atoms with van der Waals surface area (Å²) in [6.07, 6.45) is 6.98. The highest BCUT2D eigenvalue weighted by molar-refractivity contribution is 4.83. The summed E-state index contributed by atoms with van der Waals surface area (Å²) >= 11 is 0. The molecule has 0 aromatic heterocycles. The van der Waals surface area contributed by atoms with E-state index in [4.69, 9.17) is 5.73 Å². The summed E-state index contributed by atoms with van der Waals surface area (Å²) in [6.45, 7) is 8.38. The van der Waals surface area contributed by atoms with Gasteiger partial charge in [-0.05, 0) is 63.3 Å². The zero-order valence-electron chi connectivity index (χ0n) is 11.0. The molecule has 16 heavy (non-hydrogen) atoms. The summed E-state index contributed by atoms with van der Waals surface area (Å²) in [7, 11) is 0. The van der Waals surface area contributed by atoms with Crippen LogP contribution in [0.5, 0.6) is 0 Å². The third kappa shape index (κ3) is 2.98. The smallest absolute Gasteiger partial charge is 0.00701 e. The van der Waals surface area contributed by atoms with Crippen LogP contribution in [0.25, 0.3) is 0 Å². The van der Waals surface area contributed by atoms with Gasteiger partial charge >= 0.3 is 0 Å². The fraction of sp³-hybridized carbons (Fsp3) is 1.00. The summed E-state index contributed by atoms with van der Waals surface area (Å²) < 4.78 is 0. The topological polar surface area (TPSA) is 29.3 Å². The average molecular weight is 224 g/mol. The number of hydrogen-bond acceptors (Lipinski definition) is 2. The Hall–Kier alpha value is -0.0800. The van der Waals surface area contributed by atoms with Crippen LogP contribution in [-0.2, 0) is 0 Å². The van der Waals surface area contributed by atoms with E-state index in [0.717, 1.165) is 30.3 Å². The third-order valence-corrected chi connectivity index (χ3v) is 4.71. The van der Waals surface area contributed by atoms with Crippen molar-refractivity contribution in [3.63, 3.8) is 0 Å². The standard InChI is InChI=1S/C14H28N2/c1-11-7-12(2)16(9-11)10-14-5-3-13(8-15)4-6-14/h11-14H,3-10,15H2,1-2H3. The van der Waals surface area contributed by atoms with Crippen molar-refractivity contribution in [1.82, 2.24) is 4.90 Å². The molecule has 94 valence electrons. The SMILES string of the molecule is CC1CC(C)N(CC2CCC(CN)CC2)C1. The number of likely N-dealkylation sites (tertiary alicyclic amines) is 1. The number of nitrogens with two attached hydrogens (primary N) is 1. The first-order chi connectivity index (χ1) is 7.69. The molecule has 2 nitrogen and oxygen atoms in total. The molecule has 2 atom stereocenters. The lowest BCUT2D eigenvalue weighted by molar-refractivity contribution is 0.176. The average Bonchev–Trinajstić information content (AvgIpc) is 2.59. The minimum Gasteiger partial charge on any atom is -0.330 e. The lowest BCUT2D eigenvalue weighted by Crippen LogP contribution is -2.34. The molecule has 1 aliphatic heterocycles. The van der Waals surface area contributed by atoms with Crippen LogP contribution < -0.4 is 5.73 Å². The van der Waals surface area contributed by atoms with Crippen LogP contribution in [0.15, 0.2) is 0 Å². The Balaban J connectivity index is 1.74. The maximum Gasteiger partial charge on any atom is 0.00701 e. The number of hydrogen-bond donors (Lipinski definition) is 1. The molecule has 1 heterocycles. The Kier molecular flexibility index (Phi) is 4.26. The van der Waals surface area contributed by atoms with Gasteiger partial charge in [0.25, 0.3) is 0 Å². The molecule has 1 saturated carbocycles.